The van der Waals surface area contributed by atoms with Crippen LogP contribution in [0, 0.1) is 6.92 Å². The Balaban J connectivity index is 1.31. The number of amides is 2. The van der Waals surface area contributed by atoms with Gasteiger partial charge in [-0.15, -0.1) is 0 Å². The number of ether oxygens (including phenoxy) is 1. The Morgan fingerprint density at radius 2 is 1.79 bits per heavy atom. The molecule has 2 fully saturated rings. The van der Waals surface area contributed by atoms with Gasteiger partial charge in [0.25, 0.3) is 0 Å². The number of likely N-dealkylation sites (N-methyl/N-ethyl adjacent to an activating group) is 1. The Morgan fingerprint density at radius 1 is 1.05 bits per heavy atom. The van der Waals surface area contributed by atoms with Crippen molar-refractivity contribution in [2.45, 2.75) is 25.8 Å². The molecule has 1 aromatic heterocycles. The van der Waals surface area contributed by atoms with E-state index in [1.54, 1.807) is 4.90 Å². The van der Waals surface area contributed by atoms with Crippen LogP contribution in [0.2, 0.25) is 0 Å². The van der Waals surface area contributed by atoms with Gasteiger partial charge in [-0.05, 0) is 61.7 Å². The molecule has 2 aliphatic rings. The van der Waals surface area contributed by atoms with Gasteiger partial charge in [0.05, 0.1) is 25.0 Å². The standard InChI is InChI=1S/C29H36N6O3/c1-20-6-7-22(17-24(20)21-8-10-23(11-9-21)34-15-13-33(2)14-16-34)25-18-30-28(32-25)26-5-4-12-35(26)27(36)19-31-29(37)38-3/h6-11,17-18,26H,4-5,12-16,19H2,1-3H3,(H,30,32)(H,31,37)/t26-/m0/s1. The minimum Gasteiger partial charge on any atom is -0.453 e. The molecule has 2 N–H and O–H groups in total. The highest BCUT2D eigenvalue weighted by atomic mass is 16.5. The minimum absolute atomic E-state index is 0.0916. The van der Waals surface area contributed by atoms with Crippen molar-refractivity contribution in [3.05, 3.63) is 60.0 Å². The van der Waals surface area contributed by atoms with Gasteiger partial charge in [0.2, 0.25) is 5.91 Å². The van der Waals surface area contributed by atoms with E-state index in [1.807, 2.05) is 6.20 Å². The Bertz CT molecular complexity index is 1280. The van der Waals surface area contributed by atoms with Crippen LogP contribution in [-0.2, 0) is 9.53 Å². The van der Waals surface area contributed by atoms with Gasteiger partial charge in [0, 0.05) is 44.0 Å². The Hall–Kier alpha value is -3.85. The first-order valence-corrected chi connectivity index (χ1v) is 13.2. The fourth-order valence-electron chi connectivity index (χ4n) is 5.34. The average molecular weight is 517 g/mol. The van der Waals surface area contributed by atoms with Gasteiger partial charge in [-0.1, -0.05) is 24.3 Å². The molecular formula is C29H36N6O3. The largest absolute Gasteiger partial charge is 0.453 e. The molecule has 1 atom stereocenters. The molecular weight excluding hydrogens is 480 g/mol. The molecule has 0 aliphatic carbocycles. The SMILES string of the molecule is COC(=O)NCC(=O)N1CCC[C@H]1c1ncc(-c2ccc(C)c(-c3ccc(N4CCN(C)CC4)cc3)c2)[nH]1. The number of methoxy groups -OCH3 is 1. The number of carbonyl (C=O) groups excluding carboxylic acids is 2. The topological polar surface area (TPSA) is 93.8 Å². The zero-order chi connectivity index (χ0) is 26.6. The normalized spacial score (nSPS) is 18.0. The Kier molecular flexibility index (Phi) is 7.64. The molecule has 9 nitrogen and oxygen atoms in total. The predicted octanol–water partition coefficient (Wildman–Crippen LogP) is 3.82. The Morgan fingerprint density at radius 3 is 2.53 bits per heavy atom. The third-order valence-electron chi connectivity index (χ3n) is 7.65. The maximum atomic E-state index is 12.7. The number of hydrogen-bond acceptors (Lipinski definition) is 6. The van der Waals surface area contributed by atoms with Crippen molar-refractivity contribution in [3.63, 3.8) is 0 Å². The van der Waals surface area contributed by atoms with Gasteiger partial charge >= 0.3 is 6.09 Å². The number of carbonyl (C=O) groups is 2. The molecule has 2 aromatic carbocycles. The van der Waals surface area contributed by atoms with Gasteiger partial charge in [-0.25, -0.2) is 9.78 Å². The van der Waals surface area contributed by atoms with Gasteiger partial charge in [0.15, 0.2) is 0 Å². The third kappa shape index (κ3) is 5.52. The van der Waals surface area contributed by atoms with Crippen LogP contribution in [0.1, 0.15) is 30.3 Å². The van der Waals surface area contributed by atoms with E-state index in [-0.39, 0.29) is 18.5 Å². The van der Waals surface area contributed by atoms with E-state index in [9.17, 15) is 9.59 Å². The molecule has 3 aromatic rings. The van der Waals surface area contributed by atoms with E-state index in [4.69, 9.17) is 0 Å². The minimum atomic E-state index is -0.612. The number of anilines is 1. The van der Waals surface area contributed by atoms with Crippen LogP contribution in [0.4, 0.5) is 10.5 Å². The number of benzene rings is 2. The number of nitrogens with zero attached hydrogens (tertiary/aromatic N) is 4. The van der Waals surface area contributed by atoms with Crippen LogP contribution in [0.5, 0.6) is 0 Å². The van der Waals surface area contributed by atoms with Gasteiger partial charge < -0.3 is 29.7 Å². The van der Waals surface area contributed by atoms with Crippen molar-refractivity contribution in [3.8, 4) is 22.4 Å². The highest BCUT2D eigenvalue weighted by molar-refractivity contribution is 5.82. The lowest BCUT2D eigenvalue weighted by atomic mass is 9.97. The quantitative estimate of drug-likeness (QED) is 0.517. The summed E-state index contributed by atoms with van der Waals surface area (Å²) in [6, 6.07) is 15.2. The lowest BCUT2D eigenvalue weighted by Crippen LogP contribution is -2.44. The number of likely N-dealkylation sites (tertiary alicyclic amines) is 1. The fraction of sp³-hybridized carbons (Fsp3) is 0.414. The van der Waals surface area contributed by atoms with E-state index < -0.39 is 6.09 Å². The molecule has 0 saturated carbocycles. The number of aromatic nitrogens is 2. The summed E-state index contributed by atoms with van der Waals surface area (Å²) in [5.74, 6) is 0.621. The van der Waals surface area contributed by atoms with Crippen LogP contribution < -0.4 is 10.2 Å². The molecule has 9 heteroatoms. The number of rotatable bonds is 6. The first-order valence-electron chi connectivity index (χ1n) is 13.2. The van der Waals surface area contributed by atoms with Crippen LogP contribution in [0.15, 0.2) is 48.7 Å². The second-order valence-electron chi connectivity index (χ2n) is 10.1. The molecule has 0 bridgehead atoms. The number of nitrogens with one attached hydrogen (secondary N) is 2. The summed E-state index contributed by atoms with van der Waals surface area (Å²) in [4.78, 5) is 38.8. The molecule has 0 spiro atoms. The van der Waals surface area contributed by atoms with Gasteiger partial charge in [0.1, 0.15) is 12.4 Å². The summed E-state index contributed by atoms with van der Waals surface area (Å²) < 4.78 is 4.57. The molecule has 5 rings (SSSR count). The number of hydrogen-bond donors (Lipinski definition) is 2. The lowest BCUT2D eigenvalue weighted by Gasteiger charge is -2.34. The van der Waals surface area contributed by atoms with Crippen molar-refractivity contribution in [1.82, 2.24) is 25.1 Å². The summed E-state index contributed by atoms with van der Waals surface area (Å²) >= 11 is 0. The second kappa shape index (κ2) is 11.3. The summed E-state index contributed by atoms with van der Waals surface area (Å²) in [6.07, 6.45) is 2.95. The second-order valence-corrected chi connectivity index (χ2v) is 10.1. The van der Waals surface area contributed by atoms with Crippen LogP contribution in [0.3, 0.4) is 0 Å². The van der Waals surface area contributed by atoms with Crippen molar-refractivity contribution in [2.24, 2.45) is 0 Å². The first kappa shape index (κ1) is 25.8. The molecule has 0 radical (unpaired) electrons. The summed E-state index contributed by atoms with van der Waals surface area (Å²) in [5.41, 5.74) is 6.83. The predicted molar refractivity (Wildman–Crippen MR) is 148 cm³/mol. The van der Waals surface area contributed by atoms with E-state index in [0.29, 0.717) is 6.54 Å². The molecule has 200 valence electrons. The smallest absolute Gasteiger partial charge is 0.407 e. The van der Waals surface area contributed by atoms with Gasteiger partial charge in [-0.3, -0.25) is 4.79 Å². The molecule has 2 aliphatic heterocycles. The van der Waals surface area contributed by atoms with E-state index in [1.165, 1.54) is 29.5 Å². The molecule has 2 amide bonds. The number of alkyl carbamates (subject to hydrolysis) is 1. The number of imidazole rings is 1. The van der Waals surface area contributed by atoms with Crippen molar-refractivity contribution in [1.29, 1.82) is 0 Å². The zero-order valence-corrected chi connectivity index (χ0v) is 22.4. The molecule has 3 heterocycles. The van der Waals surface area contributed by atoms with Gasteiger partial charge in [-0.2, -0.15) is 0 Å². The fourth-order valence-corrected chi connectivity index (χ4v) is 5.34. The van der Waals surface area contributed by atoms with E-state index >= 15 is 0 Å². The van der Waals surface area contributed by atoms with Crippen molar-refractivity contribution >= 4 is 17.7 Å². The van der Waals surface area contributed by atoms with E-state index in [0.717, 1.165) is 56.1 Å². The maximum Gasteiger partial charge on any atom is 0.407 e. The maximum absolute atomic E-state index is 12.7. The third-order valence-corrected chi connectivity index (χ3v) is 7.65. The Labute approximate surface area is 223 Å². The first-order chi connectivity index (χ1) is 18.4. The zero-order valence-electron chi connectivity index (χ0n) is 22.4. The van der Waals surface area contributed by atoms with Crippen molar-refractivity contribution < 1.29 is 14.3 Å². The van der Waals surface area contributed by atoms with Crippen LogP contribution >= 0.6 is 0 Å². The number of piperazine rings is 1. The van der Waals surface area contributed by atoms with Crippen molar-refractivity contribution in [2.75, 3.05) is 58.3 Å². The van der Waals surface area contributed by atoms with E-state index in [2.05, 4.69) is 86.3 Å². The molecule has 38 heavy (non-hydrogen) atoms. The molecule has 2 saturated heterocycles. The van der Waals surface area contributed by atoms with Crippen LogP contribution in [0.25, 0.3) is 22.4 Å². The summed E-state index contributed by atoms with van der Waals surface area (Å²) in [6.45, 7) is 6.97. The summed E-state index contributed by atoms with van der Waals surface area (Å²) in [7, 11) is 3.45. The number of H-pyrrole nitrogens is 1. The highest BCUT2D eigenvalue weighted by Crippen LogP contribution is 2.33. The average Bonchev–Trinajstić information content (AvgIpc) is 3.63. The summed E-state index contributed by atoms with van der Waals surface area (Å²) in [5, 5.41) is 2.48. The molecule has 0 unspecified atom stereocenters. The number of aryl methyl sites for hydroxylation is 1. The number of aromatic amines is 1. The lowest BCUT2D eigenvalue weighted by molar-refractivity contribution is -0.131. The highest BCUT2D eigenvalue weighted by Gasteiger charge is 2.32. The monoisotopic (exact) mass is 516 g/mol. The van der Waals surface area contributed by atoms with Crippen LogP contribution in [-0.4, -0.2) is 85.2 Å².